The molecule has 3 aliphatic rings. The Hall–Kier alpha value is -2.97. The molecular weight excluding hydrogens is 434 g/mol. The summed E-state index contributed by atoms with van der Waals surface area (Å²) in [7, 11) is 1.43. The molecule has 3 aliphatic carbocycles. The van der Waals surface area contributed by atoms with Crippen LogP contribution in [0.3, 0.4) is 0 Å². The molecule has 2 aromatic rings. The Morgan fingerprint density at radius 2 is 1.94 bits per heavy atom. The summed E-state index contributed by atoms with van der Waals surface area (Å²) >= 11 is 0. The fraction of sp³-hybridized carbons (Fsp3) is 0.640. The van der Waals surface area contributed by atoms with Crippen molar-refractivity contribution in [2.24, 2.45) is 17.3 Å². The number of aromatic nitrogens is 3. The van der Waals surface area contributed by atoms with E-state index in [-0.39, 0.29) is 41.1 Å². The van der Waals surface area contributed by atoms with Crippen molar-refractivity contribution in [2.75, 3.05) is 7.11 Å². The molecule has 5 rings (SSSR count). The van der Waals surface area contributed by atoms with Crippen molar-refractivity contribution in [3.05, 3.63) is 23.7 Å². The standard InChI is InChI=1S/C25H33N5O4/c1-13(2)6-18(23(32)28-16-9-25(10-16)7-15(8-25)24(33)34-3)30-22(31)17-11-26-21-20(17)29-19(12-27-21)14-4-5-14/h11-16,18H,4-10H2,1-3H3,(H,26,27)(H,28,32)(H,30,31)/t15?,16?,18-,25?/m1/s1. The van der Waals surface area contributed by atoms with Crippen LogP contribution in [0, 0.1) is 17.3 Å². The summed E-state index contributed by atoms with van der Waals surface area (Å²) in [6.07, 6.45) is 9.56. The molecule has 3 fully saturated rings. The molecule has 3 N–H and O–H groups in total. The molecule has 182 valence electrons. The van der Waals surface area contributed by atoms with E-state index in [1.54, 1.807) is 12.4 Å². The number of fused-ring (bicyclic) bond motifs is 1. The van der Waals surface area contributed by atoms with E-state index in [1.807, 2.05) is 13.8 Å². The molecule has 0 aromatic carbocycles. The average molecular weight is 468 g/mol. The maximum absolute atomic E-state index is 13.1. The van der Waals surface area contributed by atoms with Crippen LogP contribution in [0.5, 0.6) is 0 Å². The molecule has 9 heteroatoms. The summed E-state index contributed by atoms with van der Waals surface area (Å²) in [5, 5.41) is 6.06. The number of rotatable bonds is 8. The minimum atomic E-state index is -0.627. The van der Waals surface area contributed by atoms with E-state index < -0.39 is 6.04 Å². The lowest BCUT2D eigenvalue weighted by molar-refractivity contribution is -0.160. The molecule has 0 aliphatic heterocycles. The van der Waals surface area contributed by atoms with Gasteiger partial charge in [-0.25, -0.2) is 9.97 Å². The molecule has 2 amide bonds. The number of nitrogens with one attached hydrogen (secondary N) is 3. The summed E-state index contributed by atoms with van der Waals surface area (Å²) in [6, 6.07) is -0.546. The number of ether oxygens (including phenoxy) is 1. The Labute approximate surface area is 198 Å². The zero-order valence-corrected chi connectivity index (χ0v) is 20.0. The van der Waals surface area contributed by atoms with Gasteiger partial charge in [0, 0.05) is 18.2 Å². The van der Waals surface area contributed by atoms with Gasteiger partial charge in [0.1, 0.15) is 11.6 Å². The number of carbonyl (C=O) groups is 3. The van der Waals surface area contributed by atoms with Crippen LogP contribution in [0.4, 0.5) is 0 Å². The average Bonchev–Trinajstić information content (AvgIpc) is 3.51. The first-order valence-electron chi connectivity index (χ1n) is 12.3. The SMILES string of the molecule is COC(=O)C1CC2(CC(NC(=O)[C@@H](CC(C)C)NC(=O)c3c[nH]c4ncc(C5CC5)nc34)C2)C1. The smallest absolute Gasteiger partial charge is 0.308 e. The van der Waals surface area contributed by atoms with Crippen LogP contribution in [0.25, 0.3) is 11.2 Å². The van der Waals surface area contributed by atoms with Crippen LogP contribution in [-0.2, 0) is 14.3 Å². The van der Waals surface area contributed by atoms with Crippen LogP contribution in [0.2, 0.25) is 0 Å². The summed E-state index contributed by atoms with van der Waals surface area (Å²) in [6.45, 7) is 4.07. The summed E-state index contributed by atoms with van der Waals surface area (Å²) in [5.41, 5.74) is 2.62. The van der Waals surface area contributed by atoms with Gasteiger partial charge in [-0.1, -0.05) is 13.8 Å². The van der Waals surface area contributed by atoms with E-state index in [4.69, 9.17) is 4.74 Å². The topological polar surface area (TPSA) is 126 Å². The lowest BCUT2D eigenvalue weighted by Crippen LogP contribution is -2.60. The van der Waals surface area contributed by atoms with Gasteiger partial charge >= 0.3 is 5.97 Å². The molecule has 2 aromatic heterocycles. The van der Waals surface area contributed by atoms with Gasteiger partial charge in [-0.2, -0.15) is 0 Å². The largest absolute Gasteiger partial charge is 0.469 e. The van der Waals surface area contributed by atoms with E-state index in [0.29, 0.717) is 29.1 Å². The Balaban J connectivity index is 1.21. The minimum absolute atomic E-state index is 0.00525. The molecule has 1 spiro atoms. The Morgan fingerprint density at radius 1 is 1.21 bits per heavy atom. The van der Waals surface area contributed by atoms with Gasteiger partial charge in [-0.05, 0) is 56.3 Å². The van der Waals surface area contributed by atoms with E-state index in [2.05, 4.69) is 25.6 Å². The normalized spacial score (nSPS) is 26.6. The van der Waals surface area contributed by atoms with Gasteiger partial charge in [0.2, 0.25) is 5.91 Å². The first-order chi connectivity index (χ1) is 16.3. The van der Waals surface area contributed by atoms with Gasteiger partial charge < -0.3 is 20.4 Å². The fourth-order valence-electron chi connectivity index (χ4n) is 5.63. The molecule has 34 heavy (non-hydrogen) atoms. The van der Waals surface area contributed by atoms with Crippen LogP contribution in [0.1, 0.15) is 80.8 Å². The van der Waals surface area contributed by atoms with E-state index in [9.17, 15) is 14.4 Å². The molecule has 3 saturated carbocycles. The van der Waals surface area contributed by atoms with Gasteiger partial charge in [-0.3, -0.25) is 14.4 Å². The van der Waals surface area contributed by atoms with Gasteiger partial charge in [-0.15, -0.1) is 0 Å². The Kier molecular flexibility index (Phi) is 5.81. The van der Waals surface area contributed by atoms with Crippen molar-refractivity contribution >= 4 is 28.9 Å². The first-order valence-corrected chi connectivity index (χ1v) is 12.3. The molecule has 9 nitrogen and oxygen atoms in total. The zero-order valence-electron chi connectivity index (χ0n) is 20.0. The van der Waals surface area contributed by atoms with Crippen molar-refractivity contribution in [2.45, 2.75) is 76.8 Å². The highest BCUT2D eigenvalue weighted by atomic mass is 16.5. The monoisotopic (exact) mass is 467 g/mol. The van der Waals surface area contributed by atoms with Crippen molar-refractivity contribution in [1.29, 1.82) is 0 Å². The van der Waals surface area contributed by atoms with Crippen LogP contribution >= 0.6 is 0 Å². The molecule has 0 saturated heterocycles. The molecule has 1 atom stereocenters. The zero-order chi connectivity index (χ0) is 24.0. The number of nitrogens with zero attached hydrogens (tertiary/aromatic N) is 2. The Morgan fingerprint density at radius 3 is 2.59 bits per heavy atom. The number of hydrogen-bond acceptors (Lipinski definition) is 6. The van der Waals surface area contributed by atoms with Crippen molar-refractivity contribution in [3.8, 4) is 0 Å². The number of hydrogen-bond donors (Lipinski definition) is 3. The third-order valence-electron chi connectivity index (χ3n) is 7.57. The van der Waals surface area contributed by atoms with Gasteiger partial charge in [0.05, 0.1) is 30.5 Å². The first kappa shape index (κ1) is 22.8. The van der Waals surface area contributed by atoms with Crippen molar-refractivity contribution in [1.82, 2.24) is 25.6 Å². The second-order valence-electron chi connectivity index (χ2n) is 10.9. The van der Waals surface area contributed by atoms with Crippen molar-refractivity contribution in [3.63, 3.8) is 0 Å². The molecular formula is C25H33N5O4. The number of aromatic amines is 1. The summed E-state index contributed by atoms with van der Waals surface area (Å²) in [4.78, 5) is 50.0. The van der Waals surface area contributed by atoms with Crippen LogP contribution in [-0.4, -0.2) is 51.9 Å². The molecule has 2 heterocycles. The van der Waals surface area contributed by atoms with E-state index in [1.165, 1.54) is 7.11 Å². The summed E-state index contributed by atoms with van der Waals surface area (Å²) in [5.74, 6) is 0.0555. The maximum Gasteiger partial charge on any atom is 0.308 e. The highest BCUT2D eigenvalue weighted by Gasteiger charge is 2.55. The number of H-pyrrole nitrogens is 1. The van der Waals surface area contributed by atoms with E-state index >= 15 is 0 Å². The van der Waals surface area contributed by atoms with Gasteiger partial charge in [0.15, 0.2) is 5.65 Å². The molecule has 0 radical (unpaired) electrons. The maximum atomic E-state index is 13.1. The lowest BCUT2D eigenvalue weighted by atomic mass is 9.50. The Bertz CT molecular complexity index is 1110. The lowest BCUT2D eigenvalue weighted by Gasteiger charge is -2.57. The predicted molar refractivity (Wildman–Crippen MR) is 125 cm³/mol. The highest BCUT2D eigenvalue weighted by molar-refractivity contribution is 6.05. The van der Waals surface area contributed by atoms with E-state index in [0.717, 1.165) is 44.2 Å². The van der Waals surface area contributed by atoms with Gasteiger partial charge in [0.25, 0.3) is 5.91 Å². The van der Waals surface area contributed by atoms with Crippen LogP contribution < -0.4 is 10.6 Å². The molecule has 0 bridgehead atoms. The van der Waals surface area contributed by atoms with Crippen molar-refractivity contribution < 1.29 is 19.1 Å². The number of amides is 2. The number of esters is 1. The second-order valence-corrected chi connectivity index (χ2v) is 10.9. The quantitative estimate of drug-likeness (QED) is 0.513. The number of carbonyl (C=O) groups excluding carboxylic acids is 3. The predicted octanol–water partition coefficient (Wildman–Crippen LogP) is 2.83. The van der Waals surface area contributed by atoms with Crippen LogP contribution in [0.15, 0.2) is 12.4 Å². The minimum Gasteiger partial charge on any atom is -0.469 e. The molecule has 0 unspecified atom stereocenters. The second kappa shape index (κ2) is 8.67. The third-order valence-corrected chi connectivity index (χ3v) is 7.57. The third kappa shape index (κ3) is 4.40. The fourth-order valence-corrected chi connectivity index (χ4v) is 5.63. The number of methoxy groups -OCH3 is 1. The highest BCUT2D eigenvalue weighted by Crippen LogP contribution is 2.58. The summed E-state index contributed by atoms with van der Waals surface area (Å²) < 4.78 is 4.83.